The fourth-order valence-corrected chi connectivity index (χ4v) is 2.41. The third kappa shape index (κ3) is 4.23. The molecule has 3 rings (SSSR count). The third-order valence-electron chi connectivity index (χ3n) is 3.67. The zero-order valence-corrected chi connectivity index (χ0v) is 13.7. The first kappa shape index (κ1) is 15.8. The lowest BCUT2D eigenvalue weighted by Gasteiger charge is -2.19. The van der Waals surface area contributed by atoms with Gasteiger partial charge in [-0.05, 0) is 35.4 Å². The van der Waals surface area contributed by atoms with E-state index < -0.39 is 0 Å². The summed E-state index contributed by atoms with van der Waals surface area (Å²) < 4.78 is 5.27. The molecule has 0 saturated heterocycles. The molecule has 0 aromatic heterocycles. The fraction of sp³-hybridized carbons (Fsp3) is 0.0952. The second-order valence-electron chi connectivity index (χ2n) is 5.40. The number of hydrazone groups is 1. The molecule has 0 spiro atoms. The fourth-order valence-electron chi connectivity index (χ4n) is 2.41. The van der Waals surface area contributed by atoms with Gasteiger partial charge in [0.05, 0.1) is 25.6 Å². The molecule has 3 heteroatoms. The quantitative estimate of drug-likeness (QED) is 0.485. The lowest BCUT2D eigenvalue weighted by atomic mass is 10.2. The number of nitrogens with zero attached hydrogens (tertiary/aromatic N) is 2. The van der Waals surface area contributed by atoms with Crippen molar-refractivity contribution in [2.45, 2.75) is 6.54 Å². The minimum absolute atomic E-state index is 0.714. The average Bonchev–Trinajstić information content (AvgIpc) is 2.67. The zero-order chi connectivity index (χ0) is 16.6. The van der Waals surface area contributed by atoms with Crippen molar-refractivity contribution in [2.75, 3.05) is 12.1 Å². The van der Waals surface area contributed by atoms with Crippen LogP contribution in [0.5, 0.6) is 5.75 Å². The largest absolute Gasteiger partial charge is 0.497 e. The third-order valence-corrected chi connectivity index (χ3v) is 3.67. The first-order valence-electron chi connectivity index (χ1n) is 7.90. The van der Waals surface area contributed by atoms with Crippen LogP contribution in [0.2, 0.25) is 0 Å². The maximum Gasteiger partial charge on any atom is 0.119 e. The van der Waals surface area contributed by atoms with E-state index in [1.807, 2.05) is 71.9 Å². The number of hydrogen-bond donors (Lipinski definition) is 0. The van der Waals surface area contributed by atoms with Gasteiger partial charge in [0, 0.05) is 0 Å². The zero-order valence-electron chi connectivity index (χ0n) is 13.7. The van der Waals surface area contributed by atoms with Crippen molar-refractivity contribution in [1.29, 1.82) is 0 Å². The number of anilines is 1. The van der Waals surface area contributed by atoms with E-state index in [0.29, 0.717) is 6.54 Å². The van der Waals surface area contributed by atoms with E-state index in [1.54, 1.807) is 7.11 Å². The first-order chi connectivity index (χ1) is 11.8. The summed E-state index contributed by atoms with van der Waals surface area (Å²) in [6.07, 6.45) is 1.86. The van der Waals surface area contributed by atoms with Gasteiger partial charge in [0.25, 0.3) is 0 Å². The van der Waals surface area contributed by atoms with Crippen molar-refractivity contribution in [3.63, 3.8) is 0 Å². The normalized spacial score (nSPS) is 10.7. The van der Waals surface area contributed by atoms with E-state index in [2.05, 4.69) is 29.4 Å². The highest BCUT2D eigenvalue weighted by atomic mass is 16.5. The van der Waals surface area contributed by atoms with Crippen LogP contribution in [-0.2, 0) is 6.54 Å². The average molecular weight is 316 g/mol. The molecular weight excluding hydrogens is 296 g/mol. The van der Waals surface area contributed by atoms with E-state index in [-0.39, 0.29) is 0 Å². The molecular formula is C21H20N2O. The summed E-state index contributed by atoms with van der Waals surface area (Å²) in [7, 11) is 1.67. The molecule has 0 heterocycles. The van der Waals surface area contributed by atoms with Crippen LogP contribution in [0.1, 0.15) is 11.1 Å². The van der Waals surface area contributed by atoms with Crippen LogP contribution in [0, 0.1) is 0 Å². The SMILES string of the molecule is COc1cccc(C=NN(Cc2ccccc2)c2ccccc2)c1. The van der Waals surface area contributed by atoms with Gasteiger partial charge in [-0.1, -0.05) is 60.7 Å². The molecule has 0 bridgehead atoms. The van der Waals surface area contributed by atoms with Gasteiger partial charge in [-0.2, -0.15) is 5.10 Å². The number of para-hydroxylation sites is 1. The van der Waals surface area contributed by atoms with Crippen molar-refractivity contribution < 1.29 is 4.74 Å². The van der Waals surface area contributed by atoms with Gasteiger partial charge in [-0.25, -0.2) is 0 Å². The molecule has 120 valence electrons. The minimum atomic E-state index is 0.714. The summed E-state index contributed by atoms with van der Waals surface area (Å²) in [4.78, 5) is 0. The molecule has 3 aromatic rings. The van der Waals surface area contributed by atoms with Crippen LogP contribution in [0.4, 0.5) is 5.69 Å². The Kier molecular flexibility index (Phi) is 5.25. The molecule has 0 aliphatic heterocycles. The molecule has 0 unspecified atom stereocenters. The molecule has 0 radical (unpaired) electrons. The highest BCUT2D eigenvalue weighted by Gasteiger charge is 2.05. The molecule has 0 N–H and O–H groups in total. The summed E-state index contributed by atoms with van der Waals surface area (Å²) >= 11 is 0. The summed E-state index contributed by atoms with van der Waals surface area (Å²) in [6.45, 7) is 0.714. The van der Waals surface area contributed by atoms with Gasteiger partial charge in [0.15, 0.2) is 0 Å². The van der Waals surface area contributed by atoms with E-state index in [0.717, 1.165) is 17.0 Å². The van der Waals surface area contributed by atoms with Gasteiger partial charge in [-0.15, -0.1) is 0 Å². The molecule has 0 fully saturated rings. The minimum Gasteiger partial charge on any atom is -0.497 e. The molecule has 0 amide bonds. The number of ether oxygens (including phenoxy) is 1. The second-order valence-corrected chi connectivity index (χ2v) is 5.40. The van der Waals surface area contributed by atoms with Crippen molar-refractivity contribution in [1.82, 2.24) is 0 Å². The Labute approximate surface area is 142 Å². The predicted molar refractivity (Wildman–Crippen MR) is 99.7 cm³/mol. The molecule has 24 heavy (non-hydrogen) atoms. The Balaban J connectivity index is 1.85. The maximum absolute atomic E-state index is 5.27. The summed E-state index contributed by atoms with van der Waals surface area (Å²) in [5.41, 5.74) is 3.27. The van der Waals surface area contributed by atoms with Crippen molar-refractivity contribution in [3.05, 3.63) is 96.1 Å². The predicted octanol–water partition coefficient (Wildman–Crippen LogP) is 4.74. The number of methoxy groups -OCH3 is 1. The Hall–Kier alpha value is -3.07. The van der Waals surface area contributed by atoms with Crippen LogP contribution in [0.15, 0.2) is 90.0 Å². The molecule has 0 aliphatic carbocycles. The molecule has 0 saturated carbocycles. The van der Waals surface area contributed by atoms with Gasteiger partial charge >= 0.3 is 0 Å². The number of rotatable bonds is 6. The molecule has 0 aliphatic rings. The Bertz CT molecular complexity index is 785. The Morgan fingerprint density at radius 1 is 0.875 bits per heavy atom. The van der Waals surface area contributed by atoms with Crippen LogP contribution in [0.25, 0.3) is 0 Å². The molecule has 3 aromatic carbocycles. The summed E-state index contributed by atoms with van der Waals surface area (Å²) in [5.74, 6) is 0.827. The van der Waals surface area contributed by atoms with Crippen LogP contribution < -0.4 is 9.75 Å². The van der Waals surface area contributed by atoms with E-state index in [9.17, 15) is 0 Å². The smallest absolute Gasteiger partial charge is 0.119 e. The standard InChI is InChI=1S/C21H20N2O/c1-24-21-14-8-11-19(15-21)16-22-23(20-12-6-3-7-13-20)17-18-9-4-2-5-10-18/h2-16H,17H2,1H3. The van der Waals surface area contributed by atoms with Gasteiger partial charge in [0.2, 0.25) is 0 Å². The molecule has 0 atom stereocenters. The second kappa shape index (κ2) is 7.97. The number of benzene rings is 3. The van der Waals surface area contributed by atoms with Crippen molar-refractivity contribution >= 4 is 11.9 Å². The summed E-state index contributed by atoms with van der Waals surface area (Å²) in [5, 5.41) is 6.68. The topological polar surface area (TPSA) is 24.8 Å². The summed E-state index contributed by atoms with van der Waals surface area (Å²) in [6, 6.07) is 28.4. The number of hydrogen-bond acceptors (Lipinski definition) is 3. The van der Waals surface area contributed by atoms with Crippen LogP contribution in [0.3, 0.4) is 0 Å². The Morgan fingerprint density at radius 3 is 2.29 bits per heavy atom. The van der Waals surface area contributed by atoms with Gasteiger partial charge in [0.1, 0.15) is 5.75 Å². The molecule has 3 nitrogen and oxygen atoms in total. The highest BCUT2D eigenvalue weighted by Crippen LogP contribution is 2.18. The van der Waals surface area contributed by atoms with E-state index in [4.69, 9.17) is 4.74 Å². The maximum atomic E-state index is 5.27. The Morgan fingerprint density at radius 2 is 1.58 bits per heavy atom. The van der Waals surface area contributed by atoms with Gasteiger partial charge < -0.3 is 4.74 Å². The van der Waals surface area contributed by atoms with Crippen molar-refractivity contribution in [2.24, 2.45) is 5.10 Å². The highest BCUT2D eigenvalue weighted by molar-refractivity contribution is 5.81. The van der Waals surface area contributed by atoms with E-state index in [1.165, 1.54) is 5.56 Å². The monoisotopic (exact) mass is 316 g/mol. The lowest BCUT2D eigenvalue weighted by molar-refractivity contribution is 0.415. The van der Waals surface area contributed by atoms with E-state index >= 15 is 0 Å². The van der Waals surface area contributed by atoms with Gasteiger partial charge in [-0.3, -0.25) is 5.01 Å². The van der Waals surface area contributed by atoms with Crippen molar-refractivity contribution in [3.8, 4) is 5.75 Å². The lowest BCUT2D eigenvalue weighted by Crippen LogP contribution is -2.16. The first-order valence-corrected chi connectivity index (χ1v) is 7.90. The van der Waals surface area contributed by atoms with Crippen LogP contribution in [-0.4, -0.2) is 13.3 Å². The van der Waals surface area contributed by atoms with Crippen LogP contribution >= 0.6 is 0 Å².